The van der Waals surface area contributed by atoms with Crippen molar-refractivity contribution in [1.82, 2.24) is 0 Å². The van der Waals surface area contributed by atoms with Crippen molar-refractivity contribution in [3.05, 3.63) is 179 Å². The number of nitrogens with one attached hydrogen (secondary N) is 1. The van der Waals surface area contributed by atoms with Crippen LogP contribution in [-0.2, 0) is 11.2 Å². The van der Waals surface area contributed by atoms with Gasteiger partial charge < -0.3 is 10.1 Å². The normalized spacial score (nSPS) is 8.22. The largest absolute Gasteiger partial charge is 0.497 e. The molecule has 1 aromatic heterocycles. The molecule has 0 aliphatic heterocycles. The van der Waals surface area contributed by atoms with E-state index in [2.05, 4.69) is 149 Å². The summed E-state index contributed by atoms with van der Waals surface area (Å²) in [5, 5.41) is 4.34. The van der Waals surface area contributed by atoms with E-state index < -0.39 is 0 Å². The number of rotatable bonds is 6. The van der Waals surface area contributed by atoms with Gasteiger partial charge in [0.1, 0.15) is 5.75 Å². The fourth-order valence-electron chi connectivity index (χ4n) is 3.60. The van der Waals surface area contributed by atoms with Crippen LogP contribution in [0.5, 0.6) is 5.75 Å². The average Bonchev–Trinajstić information content (AvgIpc) is 3.50. The maximum Gasteiger partial charge on any atom is 0.224 e. The third-order valence-electron chi connectivity index (χ3n) is 5.75. The van der Waals surface area contributed by atoms with Gasteiger partial charge in [-0.25, -0.2) is 0 Å². The van der Waals surface area contributed by atoms with Gasteiger partial charge in [-0.15, -0.1) is 11.3 Å². The van der Waals surface area contributed by atoms with Crippen LogP contribution in [0.4, 0.5) is 5.69 Å². The first kappa shape index (κ1) is 34.9. The minimum absolute atomic E-state index is 0.0254. The van der Waals surface area contributed by atoms with Gasteiger partial charge in [-0.05, 0) is 138 Å². The zero-order chi connectivity index (χ0) is 32.7. The van der Waals surface area contributed by atoms with Crippen molar-refractivity contribution in [2.45, 2.75) is 19.8 Å². The summed E-state index contributed by atoms with van der Waals surface area (Å²) in [7, 11) is 1.65. The Morgan fingerprint density at radius 2 is 1.33 bits per heavy atom. The molecule has 0 aliphatic carbocycles. The van der Waals surface area contributed by atoms with Crippen LogP contribution in [0.2, 0.25) is 0 Å². The van der Waals surface area contributed by atoms with Gasteiger partial charge in [0.25, 0.3) is 0 Å². The summed E-state index contributed by atoms with van der Waals surface area (Å²) in [6, 6.07) is 24.7. The Bertz CT molecular complexity index is 2000. The Morgan fingerprint density at radius 1 is 0.756 bits per heavy atom. The topological polar surface area (TPSA) is 38.3 Å². The van der Waals surface area contributed by atoms with E-state index in [0.29, 0.717) is 12.8 Å². The highest BCUT2D eigenvalue weighted by atomic mass is 32.1. The average molecular weight is 602 g/mol. The molecule has 0 aliphatic rings. The van der Waals surface area contributed by atoms with E-state index in [-0.39, 0.29) is 5.91 Å². The van der Waals surface area contributed by atoms with Crippen LogP contribution in [0.25, 0.3) is 20.5 Å². The molecule has 4 rings (SSSR count). The maximum atomic E-state index is 12.5. The highest BCUT2D eigenvalue weighted by molar-refractivity contribution is 7.22. The molecule has 1 N–H and O–H groups in total. The quantitative estimate of drug-likeness (QED) is 0.223. The van der Waals surface area contributed by atoms with Crippen molar-refractivity contribution in [2.75, 3.05) is 12.4 Å². The van der Waals surface area contributed by atoms with Crippen LogP contribution in [-0.4, -0.2) is 13.0 Å². The summed E-state index contributed by atoms with van der Waals surface area (Å²) < 4.78 is 6.45. The number of thiophene rings is 1. The zero-order valence-corrected chi connectivity index (χ0v) is 26.2. The lowest BCUT2D eigenvalue weighted by molar-refractivity contribution is -0.116. The number of fused-ring (bicyclic) bond motifs is 1. The van der Waals surface area contributed by atoms with Crippen molar-refractivity contribution < 1.29 is 9.53 Å². The van der Waals surface area contributed by atoms with Crippen LogP contribution in [0.1, 0.15) is 17.5 Å². The van der Waals surface area contributed by atoms with Crippen molar-refractivity contribution in [1.29, 1.82) is 0 Å². The van der Waals surface area contributed by atoms with Crippen molar-refractivity contribution in [2.24, 2.45) is 0 Å². The number of aryl methyl sites for hydroxylation is 2. The molecule has 4 aromatic rings. The molecule has 45 heavy (non-hydrogen) atoms. The molecule has 3 aromatic carbocycles. The molecule has 0 atom stereocenters. The Morgan fingerprint density at radius 3 is 1.91 bits per heavy atom. The number of hydrogen-bond acceptors (Lipinski definition) is 3. The number of carbonyl (C=O) groups excluding carboxylic acids is 1. The molecule has 0 radical (unpaired) electrons. The lowest BCUT2D eigenvalue weighted by atomic mass is 10.1. The van der Waals surface area contributed by atoms with Crippen LogP contribution in [0.15, 0.2) is 168 Å². The molecular formula is C41H31NO2S. The third-order valence-corrected chi connectivity index (χ3v) is 6.92. The zero-order valence-electron chi connectivity index (χ0n) is 25.4. The molecular weight excluding hydrogens is 571 g/mol. The highest BCUT2D eigenvalue weighted by Gasteiger charge is 2.09. The fraction of sp³-hybridized carbons (Fsp3) is 0.0976. The Hall–Kier alpha value is -6.27. The number of anilines is 1. The van der Waals surface area contributed by atoms with E-state index in [1.807, 2.05) is 31.2 Å². The Balaban J connectivity index is 0.000000365. The van der Waals surface area contributed by atoms with E-state index in [1.54, 1.807) is 18.4 Å². The third kappa shape index (κ3) is 13.1. The number of methoxy groups -OCH3 is 1. The minimum atomic E-state index is 0.0254. The molecule has 4 heteroatoms. The predicted molar refractivity (Wildman–Crippen MR) is 187 cm³/mol. The van der Waals surface area contributed by atoms with E-state index in [0.717, 1.165) is 28.1 Å². The molecule has 0 saturated carbocycles. The Labute approximate surface area is 269 Å². The summed E-state index contributed by atoms with van der Waals surface area (Å²) in [6.45, 7) is 15.0. The molecule has 1 amide bonds. The van der Waals surface area contributed by atoms with Gasteiger partial charge in [0.05, 0.1) is 7.11 Å². The second kappa shape index (κ2) is 20.6. The fourth-order valence-corrected chi connectivity index (χ4v) is 4.66. The predicted octanol–water partition coefficient (Wildman–Crippen LogP) is 9.92. The second-order valence-corrected chi connectivity index (χ2v) is 9.87. The number of carbonyl (C=O) groups is 1. The van der Waals surface area contributed by atoms with Gasteiger partial charge in [0.15, 0.2) is 0 Å². The molecule has 218 valence electrons. The molecule has 3 nitrogen and oxygen atoms in total. The maximum absolute atomic E-state index is 12.5. The summed E-state index contributed by atoms with van der Waals surface area (Å²) in [5.74, 6) is 0.851. The van der Waals surface area contributed by atoms with Crippen LogP contribution in [0.3, 0.4) is 0 Å². The number of hydrogen-bond donors (Lipinski definition) is 1. The van der Waals surface area contributed by atoms with Crippen molar-refractivity contribution in [3.8, 4) is 16.2 Å². The van der Waals surface area contributed by atoms with E-state index in [4.69, 9.17) is 4.74 Å². The molecule has 0 bridgehead atoms. The van der Waals surface area contributed by atoms with Crippen molar-refractivity contribution in [3.63, 3.8) is 0 Å². The molecule has 0 unspecified atom stereocenters. The number of ether oxygens (including phenoxy) is 1. The van der Waals surface area contributed by atoms with Gasteiger partial charge in [0.2, 0.25) is 5.91 Å². The summed E-state index contributed by atoms with van der Waals surface area (Å²) in [5.41, 5.74) is 33.2. The van der Waals surface area contributed by atoms with Gasteiger partial charge >= 0.3 is 0 Å². The molecule has 0 saturated heterocycles. The van der Waals surface area contributed by atoms with Crippen LogP contribution >= 0.6 is 11.3 Å². The monoisotopic (exact) mass is 601 g/mol. The van der Waals surface area contributed by atoms with E-state index >= 15 is 0 Å². The highest BCUT2D eigenvalue weighted by Crippen LogP contribution is 2.35. The standard InChI is InChI=1S/C25H23NO2S.C9H4.C7H4/c1-17-7-11-20(24-16-19-5-3-4-6-23(19)29-24)15-22(17)26-25(27)14-10-18-8-12-21(28-2)13-9-18;1-3-5-7-9-8-6-4-2;1-3-5-7-6-4-2/h3-9,11-13,15-16H,10,14H2,1-2H3,(H,26,27);1-2H2;1-2H2. The van der Waals surface area contributed by atoms with E-state index in [1.165, 1.54) is 15.0 Å². The SMILES string of the molecule is C=C=C=C=C=C=C.C=C=C=C=C=C=C=C=C.COc1ccc(CCC(=O)Nc2cc(-c3cc4ccccc4s3)ccc2C)cc1. The molecule has 1 heterocycles. The first-order valence-electron chi connectivity index (χ1n) is 13.6. The first-order valence-corrected chi connectivity index (χ1v) is 14.4. The van der Waals surface area contributed by atoms with Gasteiger partial charge in [0, 0.05) is 21.7 Å². The van der Waals surface area contributed by atoms with Crippen LogP contribution < -0.4 is 10.1 Å². The molecule has 0 fully saturated rings. The van der Waals surface area contributed by atoms with Gasteiger partial charge in [-0.2, -0.15) is 0 Å². The lowest BCUT2D eigenvalue weighted by Gasteiger charge is -2.10. The van der Waals surface area contributed by atoms with Crippen LogP contribution in [0, 0.1) is 6.92 Å². The van der Waals surface area contributed by atoms with Gasteiger partial charge in [-0.1, -0.05) is 65.4 Å². The number of benzene rings is 3. The first-order chi connectivity index (χ1) is 21.9. The summed E-state index contributed by atoms with van der Waals surface area (Å²) in [6.07, 6.45) is 1.14. The lowest BCUT2D eigenvalue weighted by Crippen LogP contribution is -2.13. The smallest absolute Gasteiger partial charge is 0.224 e. The molecule has 0 spiro atoms. The number of amides is 1. The summed E-state index contributed by atoms with van der Waals surface area (Å²) >= 11 is 1.77. The van der Waals surface area contributed by atoms with Crippen molar-refractivity contribution >= 4 is 33.0 Å². The minimum Gasteiger partial charge on any atom is -0.497 e. The Kier molecular flexibility index (Phi) is 16.0. The second-order valence-electron chi connectivity index (χ2n) is 8.78. The van der Waals surface area contributed by atoms with E-state index in [9.17, 15) is 4.79 Å². The summed E-state index contributed by atoms with van der Waals surface area (Å²) in [4.78, 5) is 13.7. The van der Waals surface area contributed by atoms with Gasteiger partial charge in [-0.3, -0.25) is 4.79 Å².